The lowest BCUT2D eigenvalue weighted by molar-refractivity contribution is 0.0705. The van der Waals surface area contributed by atoms with E-state index in [2.05, 4.69) is 15.0 Å². The first kappa shape index (κ1) is 15.4. The maximum Gasteiger partial charge on any atom is 0.292 e. The quantitative estimate of drug-likeness (QED) is 0.689. The van der Waals surface area contributed by atoms with E-state index in [0.29, 0.717) is 37.1 Å². The van der Waals surface area contributed by atoms with Crippen LogP contribution in [-0.2, 0) is 7.05 Å². The monoisotopic (exact) mass is 339 g/mol. The Morgan fingerprint density at radius 3 is 2.68 bits per heavy atom. The molecule has 8 heteroatoms. The summed E-state index contributed by atoms with van der Waals surface area (Å²) < 4.78 is 6.40. The van der Waals surface area contributed by atoms with E-state index in [1.807, 2.05) is 18.2 Å². The molecule has 3 heterocycles. The highest BCUT2D eigenvalue weighted by atomic mass is 16.5. The van der Waals surface area contributed by atoms with Crippen LogP contribution in [0.1, 0.15) is 10.6 Å². The van der Waals surface area contributed by atoms with Crippen LogP contribution in [-0.4, -0.2) is 51.7 Å². The van der Waals surface area contributed by atoms with E-state index in [-0.39, 0.29) is 17.2 Å². The number of aromatic nitrogens is 3. The number of hydrogen-bond acceptors (Lipinski definition) is 6. The SMILES string of the molecule is Cn1cnc2cc(N3CCN(C(=O)c4ccno4)CC3)ccc2c1=O. The smallest absolute Gasteiger partial charge is 0.292 e. The van der Waals surface area contributed by atoms with Gasteiger partial charge < -0.3 is 18.9 Å². The van der Waals surface area contributed by atoms with Crippen LogP contribution in [0.25, 0.3) is 10.9 Å². The van der Waals surface area contributed by atoms with E-state index in [0.717, 1.165) is 5.69 Å². The van der Waals surface area contributed by atoms with E-state index in [4.69, 9.17) is 4.52 Å². The molecule has 1 saturated heterocycles. The van der Waals surface area contributed by atoms with Gasteiger partial charge in [0.25, 0.3) is 11.5 Å². The summed E-state index contributed by atoms with van der Waals surface area (Å²) >= 11 is 0. The maximum atomic E-state index is 12.3. The second-order valence-corrected chi connectivity index (χ2v) is 6.02. The van der Waals surface area contributed by atoms with E-state index in [1.54, 1.807) is 18.0 Å². The van der Waals surface area contributed by atoms with Crippen LogP contribution in [0.2, 0.25) is 0 Å². The van der Waals surface area contributed by atoms with E-state index < -0.39 is 0 Å². The Kier molecular flexibility index (Phi) is 3.72. The van der Waals surface area contributed by atoms with Gasteiger partial charge in [-0.25, -0.2) is 4.98 Å². The maximum absolute atomic E-state index is 12.3. The van der Waals surface area contributed by atoms with Crippen molar-refractivity contribution in [1.82, 2.24) is 19.6 Å². The Balaban J connectivity index is 1.51. The third-order valence-electron chi connectivity index (χ3n) is 4.48. The molecule has 25 heavy (non-hydrogen) atoms. The van der Waals surface area contributed by atoms with Crippen LogP contribution in [0.15, 0.2) is 46.1 Å². The molecule has 0 bridgehead atoms. The van der Waals surface area contributed by atoms with Gasteiger partial charge in [0.2, 0.25) is 5.76 Å². The number of nitrogens with zero attached hydrogens (tertiary/aromatic N) is 5. The largest absolute Gasteiger partial charge is 0.368 e. The molecule has 1 fully saturated rings. The van der Waals surface area contributed by atoms with Gasteiger partial charge in [-0.2, -0.15) is 0 Å². The summed E-state index contributed by atoms with van der Waals surface area (Å²) in [5.74, 6) is 0.125. The molecule has 4 rings (SSSR count). The van der Waals surface area contributed by atoms with E-state index in [1.165, 1.54) is 17.1 Å². The fourth-order valence-corrected chi connectivity index (χ4v) is 3.05. The normalized spacial score (nSPS) is 14.9. The minimum absolute atomic E-state index is 0.0565. The lowest BCUT2D eigenvalue weighted by Crippen LogP contribution is -2.48. The molecule has 2 aromatic heterocycles. The Labute approximate surface area is 143 Å². The molecule has 0 N–H and O–H groups in total. The van der Waals surface area contributed by atoms with E-state index >= 15 is 0 Å². The standard InChI is InChI=1S/C17H17N5O3/c1-20-11-18-14-10-12(2-3-13(14)16(20)23)21-6-8-22(9-7-21)17(24)15-4-5-19-25-15/h2-5,10-11H,6-9H2,1H3. The van der Waals surface area contributed by atoms with Crippen LogP contribution in [0.4, 0.5) is 5.69 Å². The number of fused-ring (bicyclic) bond motifs is 1. The van der Waals surface area contributed by atoms with Gasteiger partial charge in [0.1, 0.15) is 0 Å². The second-order valence-electron chi connectivity index (χ2n) is 6.02. The Bertz CT molecular complexity index is 972. The Morgan fingerprint density at radius 2 is 1.96 bits per heavy atom. The number of anilines is 1. The molecular formula is C17H17N5O3. The summed E-state index contributed by atoms with van der Waals surface area (Å²) in [6, 6.07) is 7.24. The van der Waals surface area contributed by atoms with Gasteiger partial charge in [0.15, 0.2) is 0 Å². The summed E-state index contributed by atoms with van der Waals surface area (Å²) in [6.45, 7) is 2.61. The van der Waals surface area contributed by atoms with Gasteiger partial charge >= 0.3 is 0 Å². The van der Waals surface area contributed by atoms with Gasteiger partial charge in [-0.1, -0.05) is 5.16 Å². The first-order valence-electron chi connectivity index (χ1n) is 8.04. The molecule has 3 aromatic rings. The second kappa shape index (κ2) is 6.04. The molecule has 0 saturated carbocycles. The number of benzene rings is 1. The van der Waals surface area contributed by atoms with Gasteiger partial charge in [0.05, 0.1) is 23.4 Å². The van der Waals surface area contributed by atoms with Gasteiger partial charge in [-0.15, -0.1) is 0 Å². The molecule has 128 valence electrons. The van der Waals surface area contributed by atoms with Crippen molar-refractivity contribution in [2.75, 3.05) is 31.1 Å². The zero-order chi connectivity index (χ0) is 17.4. The molecule has 1 aromatic carbocycles. The predicted octanol–water partition coefficient (Wildman–Crippen LogP) is 0.884. The highest BCUT2D eigenvalue weighted by Crippen LogP contribution is 2.21. The van der Waals surface area contributed by atoms with Gasteiger partial charge in [0, 0.05) is 45.0 Å². The van der Waals surface area contributed by atoms with Crippen LogP contribution < -0.4 is 10.5 Å². The molecule has 1 aliphatic rings. The first-order chi connectivity index (χ1) is 12.1. The lowest BCUT2D eigenvalue weighted by Gasteiger charge is -2.35. The number of piperazine rings is 1. The predicted molar refractivity (Wildman–Crippen MR) is 91.6 cm³/mol. The van der Waals surface area contributed by atoms with Crippen molar-refractivity contribution in [2.24, 2.45) is 7.05 Å². The number of hydrogen-bond donors (Lipinski definition) is 0. The average Bonchev–Trinajstić information content (AvgIpc) is 3.19. The van der Waals surface area contributed by atoms with Crippen molar-refractivity contribution in [2.45, 2.75) is 0 Å². The van der Waals surface area contributed by atoms with Crippen LogP contribution in [0.3, 0.4) is 0 Å². The number of carbonyl (C=O) groups is 1. The summed E-state index contributed by atoms with van der Waals surface area (Å²) in [6.07, 6.45) is 3.00. The highest BCUT2D eigenvalue weighted by Gasteiger charge is 2.24. The van der Waals surface area contributed by atoms with Crippen molar-refractivity contribution >= 4 is 22.5 Å². The van der Waals surface area contributed by atoms with Crippen molar-refractivity contribution in [1.29, 1.82) is 0 Å². The molecule has 0 unspecified atom stereocenters. The summed E-state index contributed by atoms with van der Waals surface area (Å²) in [4.78, 5) is 32.6. The number of aryl methyl sites for hydroxylation is 1. The molecular weight excluding hydrogens is 322 g/mol. The molecule has 0 aliphatic carbocycles. The fourth-order valence-electron chi connectivity index (χ4n) is 3.05. The number of rotatable bonds is 2. The first-order valence-corrected chi connectivity index (χ1v) is 8.04. The molecule has 0 spiro atoms. The number of amides is 1. The fraction of sp³-hybridized carbons (Fsp3) is 0.294. The third kappa shape index (κ3) is 2.75. The Hall–Kier alpha value is -3.16. The zero-order valence-electron chi connectivity index (χ0n) is 13.8. The molecule has 0 radical (unpaired) electrons. The minimum atomic E-state index is -0.138. The topological polar surface area (TPSA) is 84.5 Å². The van der Waals surface area contributed by atoms with E-state index in [9.17, 15) is 9.59 Å². The third-order valence-corrected chi connectivity index (χ3v) is 4.48. The average molecular weight is 339 g/mol. The van der Waals surface area contributed by atoms with Crippen LogP contribution in [0, 0.1) is 0 Å². The summed E-state index contributed by atoms with van der Waals surface area (Å²) in [5.41, 5.74) is 1.62. The van der Waals surface area contributed by atoms with Crippen molar-refractivity contribution in [3.05, 3.63) is 52.9 Å². The van der Waals surface area contributed by atoms with Gasteiger partial charge in [-0.3, -0.25) is 9.59 Å². The number of carbonyl (C=O) groups excluding carboxylic acids is 1. The van der Waals surface area contributed by atoms with Gasteiger partial charge in [-0.05, 0) is 18.2 Å². The lowest BCUT2D eigenvalue weighted by atomic mass is 10.2. The highest BCUT2D eigenvalue weighted by molar-refractivity contribution is 5.91. The van der Waals surface area contributed by atoms with Crippen molar-refractivity contribution in [3.8, 4) is 0 Å². The van der Waals surface area contributed by atoms with Crippen molar-refractivity contribution < 1.29 is 9.32 Å². The molecule has 0 atom stereocenters. The van der Waals surface area contributed by atoms with Crippen molar-refractivity contribution in [3.63, 3.8) is 0 Å². The summed E-state index contributed by atoms with van der Waals surface area (Å²) in [5, 5.41) is 4.18. The van der Waals surface area contributed by atoms with Crippen LogP contribution >= 0.6 is 0 Å². The molecule has 1 aliphatic heterocycles. The molecule has 8 nitrogen and oxygen atoms in total. The Morgan fingerprint density at radius 1 is 1.16 bits per heavy atom. The zero-order valence-corrected chi connectivity index (χ0v) is 13.8. The van der Waals surface area contributed by atoms with Crippen LogP contribution in [0.5, 0.6) is 0 Å². The molecule has 1 amide bonds. The minimum Gasteiger partial charge on any atom is -0.368 e. The summed E-state index contributed by atoms with van der Waals surface area (Å²) in [7, 11) is 1.69.